The van der Waals surface area contributed by atoms with E-state index in [0.29, 0.717) is 5.75 Å². The number of phenolic OH excluding ortho intramolecular Hbond substituents is 1. The summed E-state index contributed by atoms with van der Waals surface area (Å²) < 4.78 is 0. The molecule has 0 spiro atoms. The maximum absolute atomic E-state index is 10.8. The average Bonchev–Trinajstić information content (AvgIpc) is 2.73. The van der Waals surface area contributed by atoms with Crippen LogP contribution in [-0.2, 0) is 0 Å². The second-order valence-electron chi connectivity index (χ2n) is 7.32. The number of phenols is 1. The third-order valence-corrected chi connectivity index (χ3v) is 10.6. The summed E-state index contributed by atoms with van der Waals surface area (Å²) in [7, 11) is -2.28. The van der Waals surface area contributed by atoms with Crippen molar-refractivity contribution in [2.45, 2.75) is 39.0 Å². The van der Waals surface area contributed by atoms with Crippen LogP contribution in [0.15, 0.2) is 84.9 Å². The number of rotatable bonds is 9. The molecule has 142 valence electrons. The number of hydrogen-bond acceptors (Lipinski definition) is 1. The Kier molecular flexibility index (Phi) is 7.07. The van der Waals surface area contributed by atoms with Crippen LogP contribution in [0.4, 0.5) is 0 Å². The number of para-hydroxylation sites is 1. The average molecular weight is 378 g/mol. The van der Waals surface area contributed by atoms with Crippen LogP contribution in [0.1, 0.15) is 39.0 Å². The van der Waals surface area contributed by atoms with E-state index in [2.05, 4.69) is 79.7 Å². The maximum atomic E-state index is 10.8. The molecule has 0 atom stereocenters. The third kappa shape index (κ3) is 4.42. The molecule has 0 heterocycles. The van der Waals surface area contributed by atoms with Gasteiger partial charge in [-0.1, -0.05) is 0 Å². The molecule has 3 aromatic rings. The number of aromatic hydroxyl groups is 1. The first-order valence-corrected chi connectivity index (χ1v) is 12.4. The predicted octanol–water partition coefficient (Wildman–Crippen LogP) is 5.39. The minimum atomic E-state index is -2.28. The number of hydrogen-bond donors (Lipinski definition) is 1. The molecule has 1 nitrogen and oxygen atoms in total. The van der Waals surface area contributed by atoms with Gasteiger partial charge in [0, 0.05) is 0 Å². The van der Waals surface area contributed by atoms with Crippen molar-refractivity contribution in [1.82, 2.24) is 0 Å². The second-order valence-corrected chi connectivity index (χ2v) is 11.3. The Balaban J connectivity index is 2.12. The van der Waals surface area contributed by atoms with Crippen molar-refractivity contribution < 1.29 is 5.11 Å². The molecular formula is C25H31OP. The standard InChI is InChI=1S/C25H31OP/c1-2-3-4-5-14-21-27(22-15-8-6-9-16-22,23-17-10-7-11-18-23)25-20-13-12-19-24(25)26/h6-13,15-20,26-27H,2-5,14,21H2,1H3. The molecule has 27 heavy (non-hydrogen) atoms. The van der Waals surface area contributed by atoms with Crippen molar-refractivity contribution >= 4 is 23.2 Å². The molecule has 0 saturated carbocycles. The van der Waals surface area contributed by atoms with Crippen LogP contribution in [0.25, 0.3) is 0 Å². The summed E-state index contributed by atoms with van der Waals surface area (Å²) in [5.74, 6) is 0.436. The Bertz CT molecular complexity index is 774. The summed E-state index contributed by atoms with van der Waals surface area (Å²) in [4.78, 5) is 0. The van der Waals surface area contributed by atoms with Gasteiger partial charge in [0.1, 0.15) is 0 Å². The Hall–Kier alpha value is -2.11. The SMILES string of the molecule is CCCCCCC[PH](c1ccccc1)(c1ccccc1)c1ccccc1O. The molecule has 0 saturated heterocycles. The van der Waals surface area contributed by atoms with Crippen molar-refractivity contribution in [1.29, 1.82) is 0 Å². The van der Waals surface area contributed by atoms with Gasteiger partial charge in [-0.05, 0) is 0 Å². The summed E-state index contributed by atoms with van der Waals surface area (Å²) in [6.07, 6.45) is 7.45. The summed E-state index contributed by atoms with van der Waals surface area (Å²) >= 11 is 0. The van der Waals surface area contributed by atoms with Crippen LogP contribution in [0.3, 0.4) is 0 Å². The molecule has 3 rings (SSSR count). The molecule has 0 aliphatic heterocycles. The van der Waals surface area contributed by atoms with Gasteiger partial charge in [-0.15, -0.1) is 0 Å². The van der Waals surface area contributed by atoms with Gasteiger partial charge >= 0.3 is 164 Å². The van der Waals surface area contributed by atoms with Crippen LogP contribution < -0.4 is 15.9 Å². The third-order valence-electron chi connectivity index (χ3n) is 5.55. The van der Waals surface area contributed by atoms with E-state index < -0.39 is 7.26 Å². The molecule has 0 bridgehead atoms. The fraction of sp³-hybridized carbons (Fsp3) is 0.280. The van der Waals surface area contributed by atoms with Gasteiger partial charge in [0.2, 0.25) is 0 Å². The van der Waals surface area contributed by atoms with E-state index in [4.69, 9.17) is 0 Å². The van der Waals surface area contributed by atoms with E-state index in [1.54, 1.807) is 0 Å². The zero-order chi connectivity index (χ0) is 19.0. The quantitative estimate of drug-likeness (QED) is 0.391. The van der Waals surface area contributed by atoms with Crippen molar-refractivity contribution in [3.8, 4) is 5.75 Å². The van der Waals surface area contributed by atoms with Gasteiger partial charge in [-0.2, -0.15) is 0 Å². The number of unbranched alkanes of at least 4 members (excludes halogenated alkanes) is 4. The van der Waals surface area contributed by atoms with Crippen molar-refractivity contribution in [3.05, 3.63) is 84.9 Å². The van der Waals surface area contributed by atoms with E-state index in [9.17, 15) is 5.11 Å². The first kappa shape index (κ1) is 19.6. The summed E-state index contributed by atoms with van der Waals surface area (Å²) in [6.45, 7) is 2.26. The van der Waals surface area contributed by atoms with E-state index in [1.165, 1.54) is 42.7 Å². The van der Waals surface area contributed by atoms with E-state index in [-0.39, 0.29) is 0 Å². The molecule has 0 aliphatic carbocycles. The fourth-order valence-electron chi connectivity index (χ4n) is 4.17. The molecule has 0 radical (unpaired) electrons. The summed E-state index contributed by atoms with van der Waals surface area (Å²) in [5, 5.41) is 14.7. The molecular weight excluding hydrogens is 347 g/mol. The zero-order valence-electron chi connectivity index (χ0n) is 16.3. The normalized spacial score (nSPS) is 12.0. The first-order valence-electron chi connectivity index (χ1n) is 10.2. The van der Waals surface area contributed by atoms with E-state index in [0.717, 1.165) is 11.5 Å². The van der Waals surface area contributed by atoms with Gasteiger partial charge in [0.25, 0.3) is 0 Å². The predicted molar refractivity (Wildman–Crippen MR) is 122 cm³/mol. The van der Waals surface area contributed by atoms with Crippen LogP contribution in [0.5, 0.6) is 5.75 Å². The Morgan fingerprint density at radius 1 is 0.630 bits per heavy atom. The molecule has 1 N–H and O–H groups in total. The minimum absolute atomic E-state index is 0.436. The zero-order valence-corrected chi connectivity index (χ0v) is 17.3. The van der Waals surface area contributed by atoms with E-state index >= 15 is 0 Å². The second kappa shape index (κ2) is 9.72. The Labute approximate surface area is 164 Å². The van der Waals surface area contributed by atoms with E-state index in [1.807, 2.05) is 12.1 Å². The molecule has 0 aromatic heterocycles. The van der Waals surface area contributed by atoms with Gasteiger partial charge in [-0.25, -0.2) is 0 Å². The molecule has 0 aliphatic rings. The molecule has 0 amide bonds. The van der Waals surface area contributed by atoms with Crippen molar-refractivity contribution in [2.75, 3.05) is 6.16 Å². The molecule has 3 aromatic carbocycles. The van der Waals surface area contributed by atoms with Crippen LogP contribution in [-0.4, -0.2) is 11.3 Å². The molecule has 0 unspecified atom stereocenters. The summed E-state index contributed by atoms with van der Waals surface area (Å²) in [5.41, 5.74) is 0. The van der Waals surface area contributed by atoms with Crippen molar-refractivity contribution in [2.24, 2.45) is 0 Å². The monoisotopic (exact) mass is 378 g/mol. The Morgan fingerprint density at radius 2 is 1.15 bits per heavy atom. The molecule has 2 heteroatoms. The van der Waals surface area contributed by atoms with Crippen LogP contribution >= 0.6 is 7.26 Å². The summed E-state index contributed by atoms with van der Waals surface area (Å²) in [6, 6.07) is 29.7. The van der Waals surface area contributed by atoms with Crippen LogP contribution in [0, 0.1) is 0 Å². The topological polar surface area (TPSA) is 20.2 Å². The van der Waals surface area contributed by atoms with Crippen molar-refractivity contribution in [3.63, 3.8) is 0 Å². The Morgan fingerprint density at radius 3 is 1.70 bits per heavy atom. The first-order chi connectivity index (χ1) is 13.3. The van der Waals surface area contributed by atoms with Gasteiger partial charge in [0.15, 0.2) is 0 Å². The molecule has 0 fully saturated rings. The van der Waals surface area contributed by atoms with Gasteiger partial charge in [-0.3, -0.25) is 0 Å². The van der Waals surface area contributed by atoms with Gasteiger partial charge < -0.3 is 0 Å². The van der Waals surface area contributed by atoms with Crippen LogP contribution in [0.2, 0.25) is 0 Å². The number of benzene rings is 3. The van der Waals surface area contributed by atoms with Gasteiger partial charge in [0.05, 0.1) is 0 Å². The fourth-order valence-corrected chi connectivity index (χ4v) is 9.18.